The number of nitrogens with two attached hydrogens (primary N) is 1. The van der Waals surface area contributed by atoms with Gasteiger partial charge in [-0.05, 0) is 18.6 Å². The minimum atomic E-state index is -0.578. The van der Waals surface area contributed by atoms with Gasteiger partial charge in [0.2, 0.25) is 11.8 Å². The standard InChI is InChI=1S/C17H19ClN8O2/c18-12-2-3-15-21-13(11-25(15)9-12)10-23-4-1-5-24(7-6-23)17-20-8-14(26(27)28)16(19)22-17/h2-3,8-9,11H,1,4-7,10H2,(H2,19,20,22). The summed E-state index contributed by atoms with van der Waals surface area (Å²) in [6, 6.07) is 3.72. The van der Waals surface area contributed by atoms with Crippen molar-refractivity contribution in [3.8, 4) is 0 Å². The molecule has 0 spiro atoms. The van der Waals surface area contributed by atoms with Gasteiger partial charge in [0, 0.05) is 45.1 Å². The van der Waals surface area contributed by atoms with E-state index in [0.29, 0.717) is 17.5 Å². The Labute approximate surface area is 165 Å². The van der Waals surface area contributed by atoms with Crippen molar-refractivity contribution in [3.05, 3.63) is 51.6 Å². The molecule has 146 valence electrons. The molecular weight excluding hydrogens is 384 g/mol. The topological polar surface area (TPSA) is 119 Å². The lowest BCUT2D eigenvalue weighted by Gasteiger charge is -2.21. The van der Waals surface area contributed by atoms with Crippen LogP contribution in [-0.4, -0.2) is 55.4 Å². The van der Waals surface area contributed by atoms with Crippen LogP contribution in [0.1, 0.15) is 12.1 Å². The number of imidazole rings is 1. The van der Waals surface area contributed by atoms with Gasteiger partial charge < -0.3 is 15.0 Å². The third kappa shape index (κ3) is 3.82. The van der Waals surface area contributed by atoms with Crippen molar-refractivity contribution < 1.29 is 4.92 Å². The lowest BCUT2D eigenvalue weighted by Crippen LogP contribution is -2.31. The van der Waals surface area contributed by atoms with Crippen LogP contribution in [0.2, 0.25) is 5.02 Å². The van der Waals surface area contributed by atoms with Crippen LogP contribution in [0.25, 0.3) is 5.65 Å². The fourth-order valence-electron chi connectivity index (χ4n) is 3.32. The summed E-state index contributed by atoms with van der Waals surface area (Å²) in [4.78, 5) is 27.5. The summed E-state index contributed by atoms with van der Waals surface area (Å²) in [5.41, 5.74) is 7.27. The summed E-state index contributed by atoms with van der Waals surface area (Å²) >= 11 is 6.03. The molecule has 4 heterocycles. The van der Waals surface area contributed by atoms with Crippen LogP contribution in [0, 0.1) is 10.1 Å². The lowest BCUT2D eigenvalue weighted by molar-refractivity contribution is -0.384. The van der Waals surface area contributed by atoms with Gasteiger partial charge in [0.15, 0.2) is 0 Å². The highest BCUT2D eigenvalue weighted by molar-refractivity contribution is 6.30. The van der Waals surface area contributed by atoms with Crippen molar-refractivity contribution in [1.29, 1.82) is 0 Å². The summed E-state index contributed by atoms with van der Waals surface area (Å²) in [5.74, 6) is 0.312. The first-order chi connectivity index (χ1) is 13.5. The largest absolute Gasteiger partial charge is 0.378 e. The summed E-state index contributed by atoms with van der Waals surface area (Å²) < 4.78 is 1.93. The van der Waals surface area contributed by atoms with Crippen molar-refractivity contribution in [2.24, 2.45) is 0 Å². The second-order valence-corrected chi connectivity index (χ2v) is 7.10. The first-order valence-electron chi connectivity index (χ1n) is 8.87. The van der Waals surface area contributed by atoms with E-state index in [1.807, 2.05) is 33.8 Å². The molecule has 0 aromatic carbocycles. The molecular formula is C17H19ClN8O2. The van der Waals surface area contributed by atoms with Gasteiger partial charge in [0.25, 0.3) is 0 Å². The molecule has 0 radical (unpaired) electrons. The predicted octanol–water partition coefficient (Wildman–Crippen LogP) is 1.98. The summed E-state index contributed by atoms with van der Waals surface area (Å²) in [6.07, 6.45) is 5.92. The number of nitrogens with zero attached hydrogens (tertiary/aromatic N) is 7. The highest BCUT2D eigenvalue weighted by Crippen LogP contribution is 2.21. The van der Waals surface area contributed by atoms with E-state index in [-0.39, 0.29) is 11.5 Å². The van der Waals surface area contributed by atoms with Crippen LogP contribution in [0.15, 0.2) is 30.7 Å². The maximum Gasteiger partial charge on any atom is 0.329 e. The average molecular weight is 403 g/mol. The highest BCUT2D eigenvalue weighted by Gasteiger charge is 2.21. The minimum Gasteiger partial charge on any atom is -0.378 e. The van der Waals surface area contributed by atoms with Crippen molar-refractivity contribution in [2.75, 3.05) is 36.8 Å². The molecule has 1 fully saturated rings. The number of pyridine rings is 1. The van der Waals surface area contributed by atoms with Crippen LogP contribution in [0.5, 0.6) is 0 Å². The molecule has 3 aromatic rings. The minimum absolute atomic E-state index is 0.112. The Morgan fingerprint density at radius 1 is 1.18 bits per heavy atom. The maximum absolute atomic E-state index is 10.9. The lowest BCUT2D eigenvalue weighted by atomic mass is 10.3. The highest BCUT2D eigenvalue weighted by atomic mass is 35.5. The third-order valence-electron chi connectivity index (χ3n) is 4.70. The van der Waals surface area contributed by atoms with E-state index in [1.54, 1.807) is 0 Å². The molecule has 3 aromatic heterocycles. The number of anilines is 2. The van der Waals surface area contributed by atoms with Crippen LogP contribution < -0.4 is 10.6 Å². The van der Waals surface area contributed by atoms with E-state index in [1.165, 1.54) is 6.20 Å². The number of hydrogen-bond acceptors (Lipinski definition) is 8. The van der Waals surface area contributed by atoms with Crippen LogP contribution in [0.3, 0.4) is 0 Å². The maximum atomic E-state index is 10.9. The zero-order valence-electron chi connectivity index (χ0n) is 15.0. The molecule has 10 nitrogen and oxygen atoms in total. The number of aromatic nitrogens is 4. The fourth-order valence-corrected chi connectivity index (χ4v) is 3.49. The Morgan fingerprint density at radius 3 is 2.82 bits per heavy atom. The number of halogens is 1. The molecule has 0 saturated carbocycles. The smallest absolute Gasteiger partial charge is 0.329 e. The summed E-state index contributed by atoms with van der Waals surface area (Å²) in [7, 11) is 0. The van der Waals surface area contributed by atoms with Gasteiger partial charge in [0.1, 0.15) is 11.8 Å². The van der Waals surface area contributed by atoms with E-state index in [0.717, 1.165) is 43.9 Å². The molecule has 4 rings (SSSR count). The number of fused-ring (bicyclic) bond motifs is 1. The number of rotatable bonds is 4. The second-order valence-electron chi connectivity index (χ2n) is 6.66. The van der Waals surface area contributed by atoms with Gasteiger partial charge in [0.05, 0.1) is 15.6 Å². The zero-order chi connectivity index (χ0) is 19.7. The molecule has 1 aliphatic rings. The van der Waals surface area contributed by atoms with Crippen LogP contribution in [0.4, 0.5) is 17.5 Å². The van der Waals surface area contributed by atoms with Crippen molar-refractivity contribution in [3.63, 3.8) is 0 Å². The van der Waals surface area contributed by atoms with E-state index >= 15 is 0 Å². The summed E-state index contributed by atoms with van der Waals surface area (Å²) in [6.45, 7) is 3.91. The molecule has 0 bridgehead atoms. The van der Waals surface area contributed by atoms with E-state index in [9.17, 15) is 10.1 Å². The van der Waals surface area contributed by atoms with Gasteiger partial charge >= 0.3 is 5.69 Å². The van der Waals surface area contributed by atoms with E-state index < -0.39 is 4.92 Å². The molecule has 28 heavy (non-hydrogen) atoms. The average Bonchev–Trinajstić information content (AvgIpc) is 2.89. The van der Waals surface area contributed by atoms with Crippen molar-refractivity contribution in [1.82, 2.24) is 24.3 Å². The van der Waals surface area contributed by atoms with Gasteiger partial charge in [-0.25, -0.2) is 9.97 Å². The molecule has 2 N–H and O–H groups in total. The molecule has 0 amide bonds. The Morgan fingerprint density at radius 2 is 2.04 bits per heavy atom. The van der Waals surface area contributed by atoms with Crippen molar-refractivity contribution in [2.45, 2.75) is 13.0 Å². The van der Waals surface area contributed by atoms with Crippen LogP contribution >= 0.6 is 11.6 Å². The van der Waals surface area contributed by atoms with Crippen molar-refractivity contribution >= 4 is 34.7 Å². The van der Waals surface area contributed by atoms with Gasteiger partial charge in [-0.1, -0.05) is 11.6 Å². The first-order valence-corrected chi connectivity index (χ1v) is 9.25. The third-order valence-corrected chi connectivity index (χ3v) is 4.93. The van der Waals surface area contributed by atoms with E-state index in [4.69, 9.17) is 17.3 Å². The second kappa shape index (κ2) is 7.56. The Balaban J connectivity index is 1.43. The number of hydrogen-bond donors (Lipinski definition) is 1. The number of nitro groups is 1. The Bertz CT molecular complexity index is 1020. The number of nitrogen functional groups attached to an aromatic ring is 1. The van der Waals surface area contributed by atoms with E-state index in [2.05, 4.69) is 19.9 Å². The SMILES string of the molecule is Nc1nc(N2CCCN(Cc3cn4cc(Cl)ccc4n3)CC2)ncc1[N+](=O)[O-]. The Kier molecular flexibility index (Phi) is 4.97. The molecule has 1 aliphatic heterocycles. The first kappa shape index (κ1) is 18.4. The monoisotopic (exact) mass is 402 g/mol. The van der Waals surface area contributed by atoms with Gasteiger partial charge in [-0.15, -0.1) is 0 Å². The summed E-state index contributed by atoms with van der Waals surface area (Å²) in [5, 5.41) is 11.5. The molecule has 11 heteroatoms. The Hall–Kier alpha value is -2.98. The molecule has 0 atom stereocenters. The molecule has 1 saturated heterocycles. The van der Waals surface area contributed by atoms with Gasteiger partial charge in [-0.3, -0.25) is 15.0 Å². The predicted molar refractivity (Wildman–Crippen MR) is 105 cm³/mol. The van der Waals surface area contributed by atoms with Crippen LogP contribution in [-0.2, 0) is 6.54 Å². The zero-order valence-corrected chi connectivity index (χ0v) is 15.8. The quantitative estimate of drug-likeness (QED) is 0.519. The van der Waals surface area contributed by atoms with Gasteiger partial charge in [-0.2, -0.15) is 4.98 Å². The molecule has 0 aliphatic carbocycles. The fraction of sp³-hybridized carbons (Fsp3) is 0.353. The normalized spacial score (nSPS) is 15.7. The molecule has 0 unspecified atom stereocenters.